The van der Waals surface area contributed by atoms with E-state index in [2.05, 4.69) is 69.6 Å². The minimum Gasteiger partial charge on any atom is -0.290 e. The summed E-state index contributed by atoms with van der Waals surface area (Å²) >= 11 is 8.72. The first-order valence-corrected chi connectivity index (χ1v) is 6.47. The average molecular weight is 446 g/mol. The first-order valence-electron chi connectivity index (χ1n) is 3.81. The largest absolute Gasteiger partial charge is 0.290 e. The van der Waals surface area contributed by atoms with Crippen LogP contribution in [0.4, 0.5) is 0 Å². The van der Waals surface area contributed by atoms with E-state index in [0.717, 1.165) is 3.70 Å². The molecular formula is C7H3Br2IN4O. The van der Waals surface area contributed by atoms with Crippen LogP contribution in [0.25, 0.3) is 5.65 Å². The van der Waals surface area contributed by atoms with Gasteiger partial charge in [-0.15, -0.1) is 0 Å². The Morgan fingerprint density at radius 2 is 2.20 bits per heavy atom. The zero-order valence-electron chi connectivity index (χ0n) is 7.12. The van der Waals surface area contributed by atoms with Crippen LogP contribution < -0.4 is 0 Å². The third-order valence-corrected chi connectivity index (χ3v) is 3.81. The zero-order valence-corrected chi connectivity index (χ0v) is 12.4. The summed E-state index contributed by atoms with van der Waals surface area (Å²) in [6.07, 6.45) is 1.79. The Morgan fingerprint density at radius 1 is 1.47 bits per heavy atom. The van der Waals surface area contributed by atoms with Gasteiger partial charge in [0.15, 0.2) is 10.3 Å². The average Bonchev–Trinajstić information content (AvgIpc) is 2.47. The van der Waals surface area contributed by atoms with E-state index in [0.29, 0.717) is 20.5 Å². The Kier molecular flexibility index (Phi) is 3.36. The van der Waals surface area contributed by atoms with Crippen molar-refractivity contribution in [3.8, 4) is 0 Å². The first-order chi connectivity index (χ1) is 7.13. The Hall–Kier alpha value is -0.0900. The lowest BCUT2D eigenvalue weighted by Crippen LogP contribution is -1.91. The quantitative estimate of drug-likeness (QED) is 0.527. The fourth-order valence-electron chi connectivity index (χ4n) is 1.16. The number of hydrogen-bond acceptors (Lipinski definition) is 4. The van der Waals surface area contributed by atoms with Crippen molar-refractivity contribution < 1.29 is 0 Å². The van der Waals surface area contributed by atoms with Crippen molar-refractivity contribution in [2.75, 3.05) is 0 Å². The lowest BCUT2D eigenvalue weighted by atomic mass is 10.5. The Labute approximate surface area is 115 Å². The maximum Gasteiger partial charge on any atom is 0.171 e. The maximum atomic E-state index is 10.2. The zero-order chi connectivity index (χ0) is 11.0. The third-order valence-electron chi connectivity index (χ3n) is 1.76. The van der Waals surface area contributed by atoms with E-state index in [1.807, 2.05) is 4.40 Å². The van der Waals surface area contributed by atoms with Crippen LogP contribution in [-0.2, 0) is 6.54 Å². The highest BCUT2D eigenvalue weighted by atomic mass is 127. The highest BCUT2D eigenvalue weighted by Crippen LogP contribution is 2.23. The van der Waals surface area contributed by atoms with Crippen molar-refractivity contribution in [1.82, 2.24) is 14.4 Å². The summed E-state index contributed by atoms with van der Waals surface area (Å²) in [5.41, 5.74) is 1.34. The van der Waals surface area contributed by atoms with E-state index >= 15 is 0 Å². The monoisotopic (exact) mass is 444 g/mol. The second kappa shape index (κ2) is 4.42. The molecule has 2 aromatic heterocycles. The molecule has 0 atom stereocenters. The molecule has 0 aliphatic heterocycles. The SMILES string of the molecule is O=NCc1nc2c(Br)nc(Br)cn2c1I. The van der Waals surface area contributed by atoms with E-state index in [9.17, 15) is 4.91 Å². The molecule has 0 saturated heterocycles. The molecule has 0 radical (unpaired) electrons. The molecule has 2 aromatic rings. The van der Waals surface area contributed by atoms with Gasteiger partial charge < -0.3 is 0 Å². The highest BCUT2D eigenvalue weighted by molar-refractivity contribution is 14.1. The molecule has 0 saturated carbocycles. The first kappa shape index (κ1) is 11.4. The van der Waals surface area contributed by atoms with Crippen LogP contribution in [0.5, 0.6) is 0 Å². The molecule has 0 amide bonds. The van der Waals surface area contributed by atoms with Crippen LogP contribution >= 0.6 is 54.5 Å². The van der Waals surface area contributed by atoms with Crippen LogP contribution in [0.1, 0.15) is 5.69 Å². The number of imidazole rings is 1. The molecule has 0 bridgehead atoms. The Balaban J connectivity index is 2.75. The molecule has 2 rings (SSSR count). The number of hydrogen-bond donors (Lipinski definition) is 0. The molecule has 78 valence electrons. The summed E-state index contributed by atoms with van der Waals surface area (Å²) in [7, 11) is 0. The van der Waals surface area contributed by atoms with E-state index in [-0.39, 0.29) is 6.54 Å². The number of nitrogens with zero attached hydrogens (tertiary/aromatic N) is 4. The van der Waals surface area contributed by atoms with Gasteiger partial charge in [0.2, 0.25) is 0 Å². The number of halogens is 3. The van der Waals surface area contributed by atoms with Crippen LogP contribution in [0, 0.1) is 8.61 Å². The van der Waals surface area contributed by atoms with E-state index < -0.39 is 0 Å². The summed E-state index contributed by atoms with van der Waals surface area (Å²) in [5, 5.41) is 2.84. The summed E-state index contributed by atoms with van der Waals surface area (Å²) in [4.78, 5) is 18.6. The minimum atomic E-state index is 0.0734. The van der Waals surface area contributed by atoms with Gasteiger partial charge in [0.05, 0.1) is 5.69 Å². The molecule has 0 spiro atoms. The summed E-state index contributed by atoms with van der Waals surface area (Å²) < 4.78 is 4.04. The van der Waals surface area contributed by atoms with Gasteiger partial charge in [-0.1, -0.05) is 5.18 Å². The topological polar surface area (TPSA) is 59.6 Å². The van der Waals surface area contributed by atoms with Crippen molar-refractivity contribution in [1.29, 1.82) is 0 Å². The van der Waals surface area contributed by atoms with Crippen molar-refractivity contribution in [2.24, 2.45) is 5.18 Å². The van der Waals surface area contributed by atoms with Crippen LogP contribution in [-0.4, -0.2) is 14.4 Å². The van der Waals surface area contributed by atoms with Crippen LogP contribution in [0.3, 0.4) is 0 Å². The molecule has 8 heteroatoms. The lowest BCUT2D eigenvalue weighted by Gasteiger charge is -1.97. The van der Waals surface area contributed by atoms with Crippen molar-refractivity contribution in [2.45, 2.75) is 6.54 Å². The second-order valence-electron chi connectivity index (χ2n) is 2.68. The molecule has 15 heavy (non-hydrogen) atoms. The van der Waals surface area contributed by atoms with Crippen molar-refractivity contribution >= 4 is 60.1 Å². The minimum absolute atomic E-state index is 0.0734. The van der Waals surface area contributed by atoms with Gasteiger partial charge in [-0.2, -0.15) is 4.91 Å². The maximum absolute atomic E-state index is 10.2. The number of nitroso groups, excluding NO2 is 1. The molecule has 0 N–H and O–H groups in total. The van der Waals surface area contributed by atoms with Crippen molar-refractivity contribution in [3.05, 3.63) is 29.7 Å². The van der Waals surface area contributed by atoms with E-state index in [1.165, 1.54) is 0 Å². The molecule has 5 nitrogen and oxygen atoms in total. The van der Waals surface area contributed by atoms with Gasteiger partial charge in [0, 0.05) is 6.20 Å². The third kappa shape index (κ3) is 2.07. The fourth-order valence-corrected chi connectivity index (χ4v) is 2.91. The number of rotatable bonds is 2. The molecule has 2 heterocycles. The Bertz CT molecular complexity index is 541. The Morgan fingerprint density at radius 3 is 2.87 bits per heavy atom. The lowest BCUT2D eigenvalue weighted by molar-refractivity contribution is 0.987. The standard InChI is InChI=1S/C7H3Br2IN4O/c8-4-2-14-6(10)3(1-11-15)12-7(14)5(9)13-4/h2H,1H2. The predicted molar refractivity (Wildman–Crippen MR) is 70.6 cm³/mol. The summed E-state index contributed by atoms with van der Waals surface area (Å²) in [6.45, 7) is 0.0734. The summed E-state index contributed by atoms with van der Waals surface area (Å²) in [6, 6.07) is 0. The molecule has 0 fully saturated rings. The smallest absolute Gasteiger partial charge is 0.171 e. The normalized spacial score (nSPS) is 10.9. The molecular weight excluding hydrogens is 443 g/mol. The highest BCUT2D eigenvalue weighted by Gasteiger charge is 2.13. The molecule has 0 aliphatic carbocycles. The van der Waals surface area contributed by atoms with Crippen molar-refractivity contribution in [3.63, 3.8) is 0 Å². The van der Waals surface area contributed by atoms with Crippen LogP contribution in [0.15, 0.2) is 20.6 Å². The molecule has 0 unspecified atom stereocenters. The molecule has 0 aromatic carbocycles. The van der Waals surface area contributed by atoms with E-state index in [4.69, 9.17) is 0 Å². The van der Waals surface area contributed by atoms with Gasteiger partial charge in [0.25, 0.3) is 0 Å². The molecule has 0 aliphatic rings. The van der Waals surface area contributed by atoms with Gasteiger partial charge in [-0.05, 0) is 54.5 Å². The van der Waals surface area contributed by atoms with Crippen LogP contribution in [0.2, 0.25) is 0 Å². The predicted octanol–water partition coefficient (Wildman–Crippen LogP) is 3.13. The fraction of sp³-hybridized carbons (Fsp3) is 0.143. The van der Waals surface area contributed by atoms with E-state index in [1.54, 1.807) is 6.20 Å². The number of aromatic nitrogens is 3. The summed E-state index contributed by atoms with van der Waals surface area (Å²) in [5.74, 6) is 0. The number of fused-ring (bicyclic) bond motifs is 1. The van der Waals surface area contributed by atoms with Gasteiger partial charge in [-0.25, -0.2) is 9.97 Å². The van der Waals surface area contributed by atoms with Gasteiger partial charge in [-0.3, -0.25) is 4.40 Å². The second-order valence-corrected chi connectivity index (χ2v) is 5.27. The van der Waals surface area contributed by atoms with Gasteiger partial charge in [0.1, 0.15) is 14.8 Å². The van der Waals surface area contributed by atoms with Gasteiger partial charge >= 0.3 is 0 Å².